The zero-order valence-corrected chi connectivity index (χ0v) is 13.9. The Morgan fingerprint density at radius 2 is 2.09 bits per heavy atom. The number of hydrogen-bond donors (Lipinski definition) is 0. The topological polar surface area (TPSA) is 60.6 Å². The van der Waals surface area contributed by atoms with E-state index in [2.05, 4.69) is 27.2 Å². The Kier molecular flexibility index (Phi) is 4.81. The van der Waals surface area contributed by atoms with Gasteiger partial charge in [-0.1, -0.05) is 18.1 Å². The summed E-state index contributed by atoms with van der Waals surface area (Å²) in [7, 11) is 3.32. The van der Waals surface area contributed by atoms with Crippen LogP contribution >= 0.6 is 0 Å². The third kappa shape index (κ3) is 3.32. The van der Waals surface area contributed by atoms with Crippen LogP contribution in [0, 0.1) is 0 Å². The van der Waals surface area contributed by atoms with Gasteiger partial charge in [-0.2, -0.15) is 4.98 Å². The van der Waals surface area contributed by atoms with Crippen LogP contribution < -0.4 is 9.47 Å². The Balaban J connectivity index is 1.78. The third-order valence-electron chi connectivity index (χ3n) is 4.32. The van der Waals surface area contributed by atoms with Gasteiger partial charge >= 0.3 is 0 Å². The fourth-order valence-corrected chi connectivity index (χ4v) is 3.12. The number of rotatable bonds is 6. The molecule has 23 heavy (non-hydrogen) atoms. The van der Waals surface area contributed by atoms with Gasteiger partial charge in [0.05, 0.1) is 20.8 Å². The number of likely N-dealkylation sites (tertiary alicyclic amines) is 1. The van der Waals surface area contributed by atoms with Crippen molar-refractivity contribution in [1.82, 2.24) is 15.0 Å². The molecule has 6 nitrogen and oxygen atoms in total. The van der Waals surface area contributed by atoms with Crippen LogP contribution in [0.25, 0.3) is 0 Å². The molecule has 1 atom stereocenters. The lowest BCUT2D eigenvalue weighted by Gasteiger charge is -2.23. The molecule has 0 spiro atoms. The molecule has 0 saturated carbocycles. The van der Waals surface area contributed by atoms with E-state index in [1.165, 1.54) is 5.56 Å². The number of methoxy groups -OCH3 is 2. The summed E-state index contributed by atoms with van der Waals surface area (Å²) in [5.74, 6) is 2.98. The van der Waals surface area contributed by atoms with Gasteiger partial charge in [0.1, 0.15) is 0 Å². The molecule has 1 saturated heterocycles. The average molecular weight is 317 g/mol. The Labute approximate surface area is 136 Å². The first kappa shape index (κ1) is 15.8. The summed E-state index contributed by atoms with van der Waals surface area (Å²) < 4.78 is 16.1. The molecule has 0 bridgehead atoms. The van der Waals surface area contributed by atoms with Crippen LogP contribution in [0.2, 0.25) is 0 Å². The second-order valence-electron chi connectivity index (χ2n) is 5.70. The van der Waals surface area contributed by atoms with Crippen molar-refractivity contribution in [2.75, 3.05) is 20.8 Å². The molecule has 3 rings (SSSR count). The van der Waals surface area contributed by atoms with E-state index in [1.807, 2.05) is 13.0 Å². The Hall–Kier alpha value is -2.08. The highest BCUT2D eigenvalue weighted by Gasteiger charge is 2.28. The summed E-state index contributed by atoms with van der Waals surface area (Å²) in [6, 6.07) is 6.47. The molecule has 1 aromatic carbocycles. The van der Waals surface area contributed by atoms with E-state index in [-0.39, 0.29) is 0 Å². The monoisotopic (exact) mass is 317 g/mol. The second kappa shape index (κ2) is 7.00. The van der Waals surface area contributed by atoms with Gasteiger partial charge in [-0.3, -0.25) is 4.90 Å². The molecule has 0 amide bonds. The molecule has 0 aliphatic carbocycles. The van der Waals surface area contributed by atoms with Crippen LogP contribution in [0.1, 0.15) is 43.1 Å². The molecule has 1 aliphatic heterocycles. The average Bonchev–Trinajstić information content (AvgIpc) is 3.23. The summed E-state index contributed by atoms with van der Waals surface area (Å²) in [4.78, 5) is 6.80. The van der Waals surface area contributed by atoms with E-state index in [1.54, 1.807) is 14.2 Å². The van der Waals surface area contributed by atoms with Crippen molar-refractivity contribution >= 4 is 0 Å². The summed E-state index contributed by atoms with van der Waals surface area (Å²) >= 11 is 0. The standard InChI is InChI=1S/C17H23N3O3/c1-4-16-18-17(23-19-16)11-20-9-5-6-13(20)12-7-8-14(21-2)15(10-12)22-3/h7-8,10,13H,4-6,9,11H2,1-3H3. The number of aromatic nitrogens is 2. The number of ether oxygens (including phenoxy) is 2. The van der Waals surface area contributed by atoms with Crippen LogP contribution in [-0.4, -0.2) is 35.8 Å². The first-order valence-electron chi connectivity index (χ1n) is 8.02. The SMILES string of the molecule is CCc1noc(CN2CCCC2c2ccc(OC)c(OC)c2)n1. The number of aryl methyl sites for hydroxylation is 1. The second-order valence-corrected chi connectivity index (χ2v) is 5.70. The third-order valence-corrected chi connectivity index (χ3v) is 4.32. The van der Waals surface area contributed by atoms with E-state index in [4.69, 9.17) is 14.0 Å². The highest BCUT2D eigenvalue weighted by molar-refractivity contribution is 5.44. The summed E-state index contributed by atoms with van der Waals surface area (Å²) in [5.41, 5.74) is 1.23. The number of benzene rings is 1. The molecule has 1 aromatic heterocycles. The van der Waals surface area contributed by atoms with Gasteiger partial charge in [0.25, 0.3) is 0 Å². The Bertz CT molecular complexity index is 656. The predicted octanol–water partition coefficient (Wildman–Crippen LogP) is 2.99. The lowest BCUT2D eigenvalue weighted by molar-refractivity contribution is 0.212. The van der Waals surface area contributed by atoms with Gasteiger partial charge in [-0.25, -0.2) is 0 Å². The lowest BCUT2D eigenvalue weighted by atomic mass is 10.0. The van der Waals surface area contributed by atoms with Crippen LogP contribution in [0.4, 0.5) is 0 Å². The fraction of sp³-hybridized carbons (Fsp3) is 0.529. The van der Waals surface area contributed by atoms with Gasteiger partial charge in [-0.05, 0) is 37.1 Å². The van der Waals surface area contributed by atoms with Crippen molar-refractivity contribution < 1.29 is 14.0 Å². The van der Waals surface area contributed by atoms with Gasteiger partial charge in [0.2, 0.25) is 5.89 Å². The smallest absolute Gasteiger partial charge is 0.240 e. The van der Waals surface area contributed by atoms with Crippen LogP contribution in [0.15, 0.2) is 22.7 Å². The van der Waals surface area contributed by atoms with Gasteiger partial charge < -0.3 is 14.0 Å². The van der Waals surface area contributed by atoms with Crippen LogP contribution in [0.3, 0.4) is 0 Å². The predicted molar refractivity (Wildman–Crippen MR) is 85.6 cm³/mol. The van der Waals surface area contributed by atoms with E-state index in [0.717, 1.165) is 43.1 Å². The molecule has 124 valence electrons. The quantitative estimate of drug-likeness (QED) is 0.816. The molecular weight excluding hydrogens is 294 g/mol. The molecule has 0 N–H and O–H groups in total. The van der Waals surface area contributed by atoms with Crippen LogP contribution in [0.5, 0.6) is 11.5 Å². The molecule has 1 unspecified atom stereocenters. The molecule has 2 heterocycles. The van der Waals surface area contributed by atoms with E-state index >= 15 is 0 Å². The van der Waals surface area contributed by atoms with Crippen LogP contribution in [-0.2, 0) is 13.0 Å². The van der Waals surface area contributed by atoms with Crippen molar-refractivity contribution in [3.63, 3.8) is 0 Å². The minimum absolute atomic E-state index is 0.340. The summed E-state index contributed by atoms with van der Waals surface area (Å²) in [6.45, 7) is 3.74. The van der Waals surface area contributed by atoms with Crippen molar-refractivity contribution in [2.24, 2.45) is 0 Å². The molecular formula is C17H23N3O3. The summed E-state index contributed by atoms with van der Waals surface area (Å²) in [5, 5.41) is 3.98. The maximum absolute atomic E-state index is 5.42. The molecule has 1 aliphatic rings. The number of hydrogen-bond acceptors (Lipinski definition) is 6. The summed E-state index contributed by atoms with van der Waals surface area (Å²) in [6.07, 6.45) is 3.07. The minimum Gasteiger partial charge on any atom is -0.493 e. The molecule has 1 fully saturated rings. The highest BCUT2D eigenvalue weighted by atomic mass is 16.5. The Morgan fingerprint density at radius 1 is 1.26 bits per heavy atom. The first-order chi connectivity index (χ1) is 11.2. The highest BCUT2D eigenvalue weighted by Crippen LogP contribution is 2.37. The van der Waals surface area contributed by atoms with Gasteiger partial charge in [0, 0.05) is 12.5 Å². The maximum Gasteiger partial charge on any atom is 0.240 e. The van der Waals surface area contributed by atoms with Crippen molar-refractivity contribution in [3.05, 3.63) is 35.5 Å². The lowest BCUT2D eigenvalue weighted by Crippen LogP contribution is -2.23. The molecule has 0 radical (unpaired) electrons. The fourth-order valence-electron chi connectivity index (χ4n) is 3.12. The minimum atomic E-state index is 0.340. The maximum atomic E-state index is 5.42. The van der Waals surface area contributed by atoms with Gasteiger partial charge in [0.15, 0.2) is 17.3 Å². The first-order valence-corrected chi connectivity index (χ1v) is 8.02. The zero-order valence-electron chi connectivity index (χ0n) is 13.9. The normalized spacial score (nSPS) is 18.3. The largest absolute Gasteiger partial charge is 0.493 e. The molecule has 6 heteroatoms. The zero-order chi connectivity index (χ0) is 16.2. The van der Waals surface area contributed by atoms with Crippen molar-refractivity contribution in [2.45, 2.75) is 38.8 Å². The van der Waals surface area contributed by atoms with Gasteiger partial charge in [-0.15, -0.1) is 0 Å². The van der Waals surface area contributed by atoms with E-state index < -0.39 is 0 Å². The van der Waals surface area contributed by atoms with E-state index in [9.17, 15) is 0 Å². The van der Waals surface area contributed by atoms with Crippen molar-refractivity contribution in [3.8, 4) is 11.5 Å². The number of nitrogens with zero attached hydrogens (tertiary/aromatic N) is 3. The molecule has 2 aromatic rings. The Morgan fingerprint density at radius 3 is 2.78 bits per heavy atom. The van der Waals surface area contributed by atoms with E-state index in [0.29, 0.717) is 18.5 Å². The van der Waals surface area contributed by atoms with Crippen molar-refractivity contribution in [1.29, 1.82) is 0 Å².